The number of nitrogens with one attached hydrogen (secondary N) is 2. The normalized spacial score (nSPS) is 16.4. The third-order valence-corrected chi connectivity index (χ3v) is 4.29. The number of benzene rings is 1. The molecule has 1 fully saturated rings. The summed E-state index contributed by atoms with van der Waals surface area (Å²) in [6, 6.07) is 7.41. The minimum absolute atomic E-state index is 0.0593. The zero-order valence-corrected chi connectivity index (χ0v) is 13.7. The molecule has 0 unspecified atom stereocenters. The second kappa shape index (κ2) is 8.13. The standard InChI is InChI=1S/C17H21ClN2O3/c1-2-15(21)19-8-9-20-16(22)17(6-10-23-11-7-17)13-4-3-5-14(18)12-13/h2-5,12H,1,6-11H2,(H,19,21)(H,20,22). The van der Waals surface area contributed by atoms with Gasteiger partial charge in [0.15, 0.2) is 0 Å². The van der Waals surface area contributed by atoms with Crippen molar-refractivity contribution in [1.29, 1.82) is 0 Å². The van der Waals surface area contributed by atoms with Crippen LogP contribution in [0.4, 0.5) is 0 Å². The van der Waals surface area contributed by atoms with Crippen LogP contribution in [0.1, 0.15) is 18.4 Å². The fourth-order valence-corrected chi connectivity index (χ4v) is 2.95. The van der Waals surface area contributed by atoms with Crippen molar-refractivity contribution in [2.45, 2.75) is 18.3 Å². The molecule has 1 saturated heterocycles. The van der Waals surface area contributed by atoms with Crippen LogP contribution in [-0.4, -0.2) is 38.1 Å². The number of hydrogen-bond acceptors (Lipinski definition) is 3. The largest absolute Gasteiger partial charge is 0.381 e. The van der Waals surface area contributed by atoms with Gasteiger partial charge in [-0.25, -0.2) is 0 Å². The van der Waals surface area contributed by atoms with Crippen LogP contribution in [0.15, 0.2) is 36.9 Å². The fourth-order valence-electron chi connectivity index (χ4n) is 2.76. The molecular weight excluding hydrogens is 316 g/mol. The third-order valence-electron chi connectivity index (χ3n) is 4.05. The number of ether oxygens (including phenoxy) is 1. The molecule has 1 aliphatic heterocycles. The Hall–Kier alpha value is -1.85. The molecular formula is C17H21ClN2O3. The van der Waals surface area contributed by atoms with Gasteiger partial charge in [0.1, 0.15) is 0 Å². The van der Waals surface area contributed by atoms with Crippen LogP contribution in [-0.2, 0) is 19.7 Å². The minimum Gasteiger partial charge on any atom is -0.381 e. The van der Waals surface area contributed by atoms with E-state index in [0.717, 1.165) is 5.56 Å². The molecule has 2 rings (SSSR count). The van der Waals surface area contributed by atoms with E-state index in [1.807, 2.05) is 18.2 Å². The van der Waals surface area contributed by atoms with Crippen molar-refractivity contribution in [3.8, 4) is 0 Å². The first-order chi connectivity index (χ1) is 11.1. The highest BCUT2D eigenvalue weighted by molar-refractivity contribution is 6.30. The van der Waals surface area contributed by atoms with Crippen molar-refractivity contribution < 1.29 is 14.3 Å². The predicted octanol–water partition coefficient (Wildman–Crippen LogP) is 1.81. The van der Waals surface area contributed by atoms with Crippen molar-refractivity contribution in [2.75, 3.05) is 26.3 Å². The van der Waals surface area contributed by atoms with Crippen molar-refractivity contribution in [2.24, 2.45) is 0 Å². The van der Waals surface area contributed by atoms with E-state index >= 15 is 0 Å². The third kappa shape index (κ3) is 4.33. The van der Waals surface area contributed by atoms with E-state index in [9.17, 15) is 9.59 Å². The topological polar surface area (TPSA) is 67.4 Å². The Morgan fingerprint density at radius 2 is 1.96 bits per heavy atom. The van der Waals surface area contributed by atoms with Crippen LogP contribution < -0.4 is 10.6 Å². The summed E-state index contributed by atoms with van der Waals surface area (Å²) in [7, 11) is 0. The Morgan fingerprint density at radius 1 is 1.26 bits per heavy atom. The smallest absolute Gasteiger partial charge is 0.243 e. The first kappa shape index (κ1) is 17.5. The molecule has 124 valence electrons. The molecule has 1 aliphatic rings. The van der Waals surface area contributed by atoms with Gasteiger partial charge < -0.3 is 15.4 Å². The second-order valence-electron chi connectivity index (χ2n) is 5.46. The van der Waals surface area contributed by atoms with Gasteiger partial charge in [-0.05, 0) is 36.6 Å². The summed E-state index contributed by atoms with van der Waals surface area (Å²) in [4.78, 5) is 23.9. The maximum atomic E-state index is 12.8. The van der Waals surface area contributed by atoms with Gasteiger partial charge in [0.05, 0.1) is 5.41 Å². The van der Waals surface area contributed by atoms with Gasteiger partial charge in [0, 0.05) is 31.3 Å². The lowest BCUT2D eigenvalue weighted by molar-refractivity contribution is -0.130. The number of halogens is 1. The molecule has 0 saturated carbocycles. The van der Waals surface area contributed by atoms with E-state index in [4.69, 9.17) is 16.3 Å². The Bertz CT molecular complexity index is 583. The molecule has 2 N–H and O–H groups in total. The monoisotopic (exact) mass is 336 g/mol. The summed E-state index contributed by atoms with van der Waals surface area (Å²) in [6.45, 7) is 5.17. The highest BCUT2D eigenvalue weighted by atomic mass is 35.5. The van der Waals surface area contributed by atoms with Crippen LogP contribution >= 0.6 is 11.6 Å². The van der Waals surface area contributed by atoms with Gasteiger partial charge >= 0.3 is 0 Å². The van der Waals surface area contributed by atoms with E-state index in [0.29, 0.717) is 44.2 Å². The van der Waals surface area contributed by atoms with Crippen molar-refractivity contribution >= 4 is 23.4 Å². The summed E-state index contributed by atoms with van der Waals surface area (Å²) in [5.74, 6) is -0.314. The van der Waals surface area contributed by atoms with E-state index in [2.05, 4.69) is 17.2 Å². The first-order valence-corrected chi connectivity index (χ1v) is 7.99. The van der Waals surface area contributed by atoms with Gasteiger partial charge in [-0.3, -0.25) is 9.59 Å². The van der Waals surface area contributed by atoms with Crippen LogP contribution in [0.5, 0.6) is 0 Å². The fraction of sp³-hybridized carbons (Fsp3) is 0.412. The molecule has 0 aromatic heterocycles. The van der Waals surface area contributed by atoms with E-state index in [-0.39, 0.29) is 11.8 Å². The number of rotatable bonds is 6. The molecule has 6 heteroatoms. The van der Waals surface area contributed by atoms with Crippen LogP contribution in [0, 0.1) is 0 Å². The maximum Gasteiger partial charge on any atom is 0.243 e. The summed E-state index contributed by atoms with van der Waals surface area (Å²) >= 11 is 6.09. The molecule has 1 heterocycles. The second-order valence-corrected chi connectivity index (χ2v) is 5.89. The molecule has 0 radical (unpaired) electrons. The summed E-state index contributed by atoms with van der Waals surface area (Å²) in [5.41, 5.74) is 0.270. The number of carbonyl (C=O) groups is 2. The van der Waals surface area contributed by atoms with Gasteiger partial charge in [0.25, 0.3) is 0 Å². The summed E-state index contributed by atoms with van der Waals surface area (Å²) in [6.07, 6.45) is 2.42. The zero-order valence-electron chi connectivity index (χ0n) is 12.9. The Kier molecular flexibility index (Phi) is 6.19. The number of carbonyl (C=O) groups excluding carboxylic acids is 2. The van der Waals surface area contributed by atoms with E-state index < -0.39 is 5.41 Å². The SMILES string of the molecule is C=CC(=O)NCCNC(=O)C1(c2cccc(Cl)c2)CCOCC1. The predicted molar refractivity (Wildman–Crippen MR) is 89.4 cm³/mol. The highest BCUT2D eigenvalue weighted by Crippen LogP contribution is 2.36. The van der Waals surface area contributed by atoms with Crippen LogP contribution in [0.25, 0.3) is 0 Å². The Morgan fingerprint density at radius 3 is 2.61 bits per heavy atom. The van der Waals surface area contributed by atoms with Crippen molar-refractivity contribution in [3.63, 3.8) is 0 Å². The van der Waals surface area contributed by atoms with Gasteiger partial charge in [-0.15, -0.1) is 0 Å². The maximum absolute atomic E-state index is 12.8. The Balaban J connectivity index is 2.07. The lowest BCUT2D eigenvalue weighted by Gasteiger charge is -2.36. The zero-order chi connectivity index (χ0) is 16.7. The molecule has 2 amide bonds. The molecule has 0 bridgehead atoms. The average Bonchev–Trinajstić information content (AvgIpc) is 2.58. The summed E-state index contributed by atoms with van der Waals surface area (Å²) < 4.78 is 5.42. The van der Waals surface area contributed by atoms with Gasteiger partial charge in [-0.1, -0.05) is 30.3 Å². The minimum atomic E-state index is -0.633. The van der Waals surface area contributed by atoms with Crippen LogP contribution in [0.2, 0.25) is 5.02 Å². The lowest BCUT2D eigenvalue weighted by atomic mass is 9.73. The molecule has 0 aliphatic carbocycles. The van der Waals surface area contributed by atoms with Crippen molar-refractivity contribution in [3.05, 3.63) is 47.5 Å². The van der Waals surface area contributed by atoms with Crippen molar-refractivity contribution in [1.82, 2.24) is 10.6 Å². The van der Waals surface area contributed by atoms with E-state index in [1.54, 1.807) is 6.07 Å². The van der Waals surface area contributed by atoms with E-state index in [1.165, 1.54) is 6.08 Å². The van der Waals surface area contributed by atoms with Gasteiger partial charge in [-0.2, -0.15) is 0 Å². The molecule has 1 aromatic rings. The Labute approximate surface area is 141 Å². The van der Waals surface area contributed by atoms with Crippen LogP contribution in [0.3, 0.4) is 0 Å². The first-order valence-electron chi connectivity index (χ1n) is 7.61. The summed E-state index contributed by atoms with van der Waals surface area (Å²) in [5, 5.41) is 6.15. The lowest BCUT2D eigenvalue weighted by Crippen LogP contribution is -2.49. The molecule has 0 spiro atoms. The molecule has 23 heavy (non-hydrogen) atoms. The molecule has 0 atom stereocenters. The highest BCUT2D eigenvalue weighted by Gasteiger charge is 2.41. The average molecular weight is 337 g/mol. The molecule has 5 nitrogen and oxygen atoms in total. The molecule has 1 aromatic carbocycles. The quantitative estimate of drug-likeness (QED) is 0.615. The van der Waals surface area contributed by atoms with Gasteiger partial charge in [0.2, 0.25) is 11.8 Å². The number of amides is 2. The number of hydrogen-bond donors (Lipinski definition) is 2.